The first kappa shape index (κ1) is 13.9. The highest BCUT2D eigenvalue weighted by Crippen LogP contribution is 2.25. The summed E-state index contributed by atoms with van der Waals surface area (Å²) in [6.45, 7) is 10.2. The van der Waals surface area contributed by atoms with Gasteiger partial charge in [-0.3, -0.25) is 0 Å². The van der Waals surface area contributed by atoms with Gasteiger partial charge in [-0.2, -0.15) is 0 Å². The molecule has 14 heavy (non-hydrogen) atoms. The highest BCUT2D eigenvalue weighted by molar-refractivity contribution is 4.75. The van der Waals surface area contributed by atoms with E-state index < -0.39 is 0 Å². The van der Waals surface area contributed by atoms with Gasteiger partial charge in [0.25, 0.3) is 0 Å². The van der Waals surface area contributed by atoms with Crippen LogP contribution in [0.25, 0.3) is 0 Å². The number of hydrogen-bond acceptors (Lipinski definition) is 3. The highest BCUT2D eigenvalue weighted by atomic mass is 16.5. The average Bonchev–Trinajstić information content (AvgIpc) is 2.08. The fourth-order valence-electron chi connectivity index (χ4n) is 1.27. The lowest BCUT2D eigenvalue weighted by Crippen LogP contribution is -2.36. The Hall–Kier alpha value is -0.120. The monoisotopic (exact) mass is 203 g/mol. The third-order valence-electron chi connectivity index (χ3n) is 2.47. The fourth-order valence-corrected chi connectivity index (χ4v) is 1.27. The van der Waals surface area contributed by atoms with Crippen LogP contribution in [0.4, 0.5) is 0 Å². The number of methoxy groups -OCH3 is 2. The van der Waals surface area contributed by atoms with Crippen molar-refractivity contribution in [2.24, 2.45) is 11.3 Å². The van der Waals surface area contributed by atoms with E-state index in [0.717, 1.165) is 26.3 Å². The van der Waals surface area contributed by atoms with Gasteiger partial charge in [0.15, 0.2) is 0 Å². The molecule has 0 aliphatic carbocycles. The van der Waals surface area contributed by atoms with Crippen LogP contribution in [0.15, 0.2) is 0 Å². The molecule has 0 aliphatic rings. The molecule has 0 saturated carbocycles. The lowest BCUT2D eigenvalue weighted by Gasteiger charge is -2.30. The summed E-state index contributed by atoms with van der Waals surface area (Å²) in [4.78, 5) is 0. The minimum absolute atomic E-state index is 0.288. The van der Waals surface area contributed by atoms with Gasteiger partial charge in [0.05, 0.1) is 13.2 Å². The van der Waals surface area contributed by atoms with Crippen LogP contribution in [-0.4, -0.2) is 40.5 Å². The van der Waals surface area contributed by atoms with Crippen LogP contribution in [-0.2, 0) is 9.47 Å². The molecule has 86 valence electrons. The normalized spacial score (nSPS) is 14.4. The van der Waals surface area contributed by atoms with Crippen molar-refractivity contribution in [3.8, 4) is 0 Å². The van der Waals surface area contributed by atoms with Crippen LogP contribution in [0.5, 0.6) is 0 Å². The Balaban J connectivity index is 3.74. The van der Waals surface area contributed by atoms with Gasteiger partial charge in [0, 0.05) is 27.3 Å². The molecule has 0 aliphatic heterocycles. The largest absolute Gasteiger partial charge is 0.384 e. The van der Waals surface area contributed by atoms with E-state index in [0.29, 0.717) is 5.92 Å². The van der Waals surface area contributed by atoms with Gasteiger partial charge >= 0.3 is 0 Å². The minimum Gasteiger partial charge on any atom is -0.384 e. The predicted octanol–water partition coefficient (Wildman–Crippen LogP) is 1.53. The van der Waals surface area contributed by atoms with Crippen LogP contribution in [0.3, 0.4) is 0 Å². The quantitative estimate of drug-likeness (QED) is 0.637. The standard InChI is InChI=1S/C11H25NO2/c1-11(2,3)10(9-14-5)8-12-6-7-13-4/h10,12H,6-9H2,1-5H3. The summed E-state index contributed by atoms with van der Waals surface area (Å²) in [5.74, 6) is 0.546. The lowest BCUT2D eigenvalue weighted by molar-refractivity contribution is 0.0877. The van der Waals surface area contributed by atoms with E-state index in [1.165, 1.54) is 0 Å². The second kappa shape index (κ2) is 7.21. The molecule has 0 fully saturated rings. The zero-order chi connectivity index (χ0) is 11.0. The van der Waals surface area contributed by atoms with E-state index in [-0.39, 0.29) is 5.41 Å². The molecule has 1 N–H and O–H groups in total. The van der Waals surface area contributed by atoms with Crippen LogP contribution >= 0.6 is 0 Å². The first-order valence-corrected chi connectivity index (χ1v) is 5.21. The number of nitrogens with one attached hydrogen (secondary N) is 1. The van der Waals surface area contributed by atoms with Gasteiger partial charge in [0.2, 0.25) is 0 Å². The maximum atomic E-state index is 5.22. The molecule has 3 nitrogen and oxygen atoms in total. The van der Waals surface area contributed by atoms with E-state index in [9.17, 15) is 0 Å². The lowest BCUT2D eigenvalue weighted by atomic mass is 9.81. The van der Waals surface area contributed by atoms with Gasteiger partial charge < -0.3 is 14.8 Å². The first-order chi connectivity index (χ1) is 6.52. The molecule has 0 aromatic carbocycles. The molecule has 0 rings (SSSR count). The predicted molar refractivity (Wildman–Crippen MR) is 59.6 cm³/mol. The Morgan fingerprint density at radius 1 is 1.14 bits per heavy atom. The molecule has 0 bridgehead atoms. The van der Waals surface area contributed by atoms with Gasteiger partial charge in [-0.1, -0.05) is 20.8 Å². The van der Waals surface area contributed by atoms with Gasteiger partial charge in [-0.25, -0.2) is 0 Å². The summed E-state index contributed by atoms with van der Waals surface area (Å²) in [7, 11) is 3.48. The van der Waals surface area contributed by atoms with Crippen molar-refractivity contribution in [1.29, 1.82) is 0 Å². The van der Waals surface area contributed by atoms with Crippen molar-refractivity contribution in [3.05, 3.63) is 0 Å². The Bertz CT molecular complexity index is 132. The summed E-state index contributed by atoms with van der Waals surface area (Å²) < 4.78 is 10.2. The Morgan fingerprint density at radius 3 is 2.21 bits per heavy atom. The number of ether oxygens (including phenoxy) is 2. The molecular weight excluding hydrogens is 178 g/mol. The molecule has 0 radical (unpaired) electrons. The van der Waals surface area contributed by atoms with Crippen molar-refractivity contribution in [2.45, 2.75) is 20.8 Å². The van der Waals surface area contributed by atoms with Crippen LogP contribution in [0.1, 0.15) is 20.8 Å². The maximum Gasteiger partial charge on any atom is 0.0587 e. The molecule has 0 saturated heterocycles. The van der Waals surface area contributed by atoms with E-state index in [4.69, 9.17) is 9.47 Å². The SMILES string of the molecule is COCCNCC(COC)C(C)(C)C. The second-order valence-electron chi connectivity index (χ2n) is 4.72. The van der Waals surface area contributed by atoms with Crippen molar-refractivity contribution in [1.82, 2.24) is 5.32 Å². The summed E-state index contributed by atoms with van der Waals surface area (Å²) in [6, 6.07) is 0. The summed E-state index contributed by atoms with van der Waals surface area (Å²) in [5, 5.41) is 3.37. The van der Waals surface area contributed by atoms with Crippen molar-refractivity contribution < 1.29 is 9.47 Å². The smallest absolute Gasteiger partial charge is 0.0587 e. The van der Waals surface area contributed by atoms with Crippen LogP contribution in [0.2, 0.25) is 0 Å². The average molecular weight is 203 g/mol. The molecule has 0 aromatic heterocycles. The Kier molecular flexibility index (Phi) is 7.15. The van der Waals surface area contributed by atoms with Crippen molar-refractivity contribution in [3.63, 3.8) is 0 Å². The van der Waals surface area contributed by atoms with E-state index in [2.05, 4.69) is 26.1 Å². The number of hydrogen-bond donors (Lipinski definition) is 1. The van der Waals surface area contributed by atoms with Crippen LogP contribution in [0, 0.1) is 11.3 Å². The third-order valence-corrected chi connectivity index (χ3v) is 2.47. The molecule has 1 atom stereocenters. The summed E-state index contributed by atoms with van der Waals surface area (Å²) in [5.41, 5.74) is 0.288. The fraction of sp³-hybridized carbons (Fsp3) is 1.00. The highest BCUT2D eigenvalue weighted by Gasteiger charge is 2.23. The van der Waals surface area contributed by atoms with Crippen LogP contribution < -0.4 is 5.32 Å². The summed E-state index contributed by atoms with van der Waals surface area (Å²) in [6.07, 6.45) is 0. The molecule has 0 aromatic rings. The Labute approximate surface area is 88.2 Å². The van der Waals surface area contributed by atoms with E-state index in [1.807, 2.05) is 0 Å². The second-order valence-corrected chi connectivity index (χ2v) is 4.72. The first-order valence-electron chi connectivity index (χ1n) is 5.21. The number of rotatable bonds is 7. The third kappa shape index (κ3) is 6.35. The topological polar surface area (TPSA) is 30.5 Å². The maximum absolute atomic E-state index is 5.22. The molecule has 0 heterocycles. The Morgan fingerprint density at radius 2 is 1.79 bits per heavy atom. The zero-order valence-corrected chi connectivity index (χ0v) is 10.2. The van der Waals surface area contributed by atoms with Crippen molar-refractivity contribution >= 4 is 0 Å². The molecular formula is C11H25NO2. The van der Waals surface area contributed by atoms with E-state index in [1.54, 1.807) is 14.2 Å². The van der Waals surface area contributed by atoms with E-state index >= 15 is 0 Å². The molecule has 0 spiro atoms. The van der Waals surface area contributed by atoms with Gasteiger partial charge in [-0.05, 0) is 11.3 Å². The van der Waals surface area contributed by atoms with Gasteiger partial charge in [0.1, 0.15) is 0 Å². The minimum atomic E-state index is 0.288. The van der Waals surface area contributed by atoms with Crippen molar-refractivity contribution in [2.75, 3.05) is 40.5 Å². The zero-order valence-electron chi connectivity index (χ0n) is 10.2. The molecule has 0 amide bonds. The molecule has 3 heteroatoms. The summed E-state index contributed by atoms with van der Waals surface area (Å²) >= 11 is 0. The molecule has 1 unspecified atom stereocenters. The van der Waals surface area contributed by atoms with Gasteiger partial charge in [-0.15, -0.1) is 0 Å².